The Balaban J connectivity index is 1.68. The van der Waals surface area contributed by atoms with Crippen LogP contribution in [0.25, 0.3) is 0 Å². The lowest BCUT2D eigenvalue weighted by Crippen LogP contribution is -2.49. The molecule has 1 fully saturated rings. The summed E-state index contributed by atoms with van der Waals surface area (Å²) in [5, 5.41) is 3.86. The molecule has 0 aromatic carbocycles. The molecule has 1 aliphatic heterocycles. The molecule has 6 heteroatoms. The van der Waals surface area contributed by atoms with Crippen LogP contribution in [0.3, 0.4) is 0 Å². The van der Waals surface area contributed by atoms with E-state index in [-0.39, 0.29) is 5.91 Å². The minimum atomic E-state index is 0.132. The summed E-state index contributed by atoms with van der Waals surface area (Å²) in [6.07, 6.45) is 0. The second kappa shape index (κ2) is 6.66. The van der Waals surface area contributed by atoms with Gasteiger partial charge in [-0.15, -0.1) is 0 Å². The van der Waals surface area contributed by atoms with Crippen molar-refractivity contribution in [1.29, 1.82) is 0 Å². The summed E-state index contributed by atoms with van der Waals surface area (Å²) in [6, 6.07) is 3.92. The molecule has 3 heterocycles. The number of thiophene rings is 1. The molecule has 0 atom stereocenters. The van der Waals surface area contributed by atoms with Crippen LogP contribution in [-0.4, -0.2) is 47.0 Å². The van der Waals surface area contributed by atoms with Gasteiger partial charge in [0.2, 0.25) is 0 Å². The van der Waals surface area contributed by atoms with Gasteiger partial charge in [-0.05, 0) is 18.4 Å². The van der Waals surface area contributed by atoms with Gasteiger partial charge in [0.1, 0.15) is 11.6 Å². The standard InChI is InChI=1S/C17H22N4OS/c1-12(2)16-18-13(3)10-15(19-16)20-5-7-21(8-6-20)17(22)14-4-9-23-11-14/h4,9-12H,5-8H2,1-3H3. The van der Waals surface area contributed by atoms with Crippen LogP contribution in [0.15, 0.2) is 22.9 Å². The molecule has 0 bridgehead atoms. The van der Waals surface area contributed by atoms with Crippen molar-refractivity contribution in [2.24, 2.45) is 0 Å². The van der Waals surface area contributed by atoms with Crippen molar-refractivity contribution < 1.29 is 4.79 Å². The number of carbonyl (C=O) groups is 1. The SMILES string of the molecule is Cc1cc(N2CCN(C(=O)c3ccsc3)CC2)nc(C(C)C)n1. The number of hydrogen-bond acceptors (Lipinski definition) is 5. The summed E-state index contributed by atoms with van der Waals surface area (Å²) >= 11 is 1.56. The first-order chi connectivity index (χ1) is 11.0. The Hall–Kier alpha value is -1.95. The van der Waals surface area contributed by atoms with Gasteiger partial charge >= 0.3 is 0 Å². The third-order valence-electron chi connectivity index (χ3n) is 4.03. The molecule has 2 aromatic heterocycles. The molecule has 0 spiro atoms. The number of hydrogen-bond donors (Lipinski definition) is 0. The molecule has 122 valence electrons. The van der Waals surface area contributed by atoms with Crippen LogP contribution in [-0.2, 0) is 0 Å². The van der Waals surface area contributed by atoms with E-state index in [4.69, 9.17) is 0 Å². The van der Waals surface area contributed by atoms with Gasteiger partial charge in [-0.2, -0.15) is 11.3 Å². The van der Waals surface area contributed by atoms with Gasteiger partial charge in [-0.3, -0.25) is 4.79 Å². The smallest absolute Gasteiger partial charge is 0.254 e. The van der Waals surface area contributed by atoms with Crippen molar-refractivity contribution in [3.63, 3.8) is 0 Å². The fourth-order valence-electron chi connectivity index (χ4n) is 2.70. The Morgan fingerprint density at radius 2 is 1.96 bits per heavy atom. The predicted molar refractivity (Wildman–Crippen MR) is 93.3 cm³/mol. The highest BCUT2D eigenvalue weighted by atomic mass is 32.1. The normalized spacial score (nSPS) is 15.3. The lowest BCUT2D eigenvalue weighted by atomic mass is 10.2. The highest BCUT2D eigenvalue weighted by Gasteiger charge is 2.23. The molecule has 2 aromatic rings. The molecule has 1 saturated heterocycles. The third kappa shape index (κ3) is 3.52. The molecule has 5 nitrogen and oxygen atoms in total. The first-order valence-electron chi connectivity index (χ1n) is 7.96. The van der Waals surface area contributed by atoms with E-state index in [1.165, 1.54) is 0 Å². The second-order valence-corrected chi connectivity index (χ2v) is 6.95. The summed E-state index contributed by atoms with van der Waals surface area (Å²) in [6.45, 7) is 9.30. The summed E-state index contributed by atoms with van der Waals surface area (Å²) in [4.78, 5) is 25.8. The van der Waals surface area contributed by atoms with Gasteiger partial charge in [0.15, 0.2) is 0 Å². The van der Waals surface area contributed by atoms with Crippen molar-refractivity contribution in [2.75, 3.05) is 31.1 Å². The average molecular weight is 330 g/mol. The number of rotatable bonds is 3. The number of piperazine rings is 1. The monoisotopic (exact) mass is 330 g/mol. The van der Waals surface area contributed by atoms with Gasteiger partial charge in [0.05, 0.1) is 5.56 Å². The van der Waals surface area contributed by atoms with Crippen LogP contribution in [0.1, 0.15) is 41.6 Å². The number of carbonyl (C=O) groups excluding carboxylic acids is 1. The molecule has 0 N–H and O–H groups in total. The van der Waals surface area contributed by atoms with Crippen molar-refractivity contribution in [1.82, 2.24) is 14.9 Å². The largest absolute Gasteiger partial charge is 0.353 e. The Kier molecular flexibility index (Phi) is 4.61. The lowest BCUT2D eigenvalue weighted by Gasteiger charge is -2.35. The minimum absolute atomic E-state index is 0.132. The predicted octanol–water partition coefficient (Wildman–Crippen LogP) is 2.93. The topological polar surface area (TPSA) is 49.3 Å². The van der Waals surface area contributed by atoms with Crippen molar-refractivity contribution in [2.45, 2.75) is 26.7 Å². The molecule has 1 aliphatic rings. The van der Waals surface area contributed by atoms with Gasteiger partial charge in [-0.1, -0.05) is 13.8 Å². The molecule has 23 heavy (non-hydrogen) atoms. The molecule has 0 unspecified atom stereocenters. The summed E-state index contributed by atoms with van der Waals surface area (Å²) < 4.78 is 0. The fraction of sp³-hybridized carbons (Fsp3) is 0.471. The van der Waals surface area contributed by atoms with Crippen molar-refractivity contribution in [3.05, 3.63) is 40.0 Å². The van der Waals surface area contributed by atoms with Gasteiger partial charge in [0, 0.05) is 49.2 Å². The van der Waals surface area contributed by atoms with Crippen LogP contribution < -0.4 is 4.90 Å². The first kappa shape index (κ1) is 15.9. The lowest BCUT2D eigenvalue weighted by molar-refractivity contribution is 0.0747. The van der Waals surface area contributed by atoms with Crippen molar-refractivity contribution in [3.8, 4) is 0 Å². The number of aryl methyl sites for hydroxylation is 1. The van der Waals surface area contributed by atoms with E-state index in [9.17, 15) is 4.79 Å². The van der Waals surface area contributed by atoms with Gasteiger partial charge in [0.25, 0.3) is 5.91 Å². The molecular formula is C17H22N4OS. The van der Waals surface area contributed by atoms with E-state index in [0.29, 0.717) is 5.92 Å². The highest BCUT2D eigenvalue weighted by molar-refractivity contribution is 7.08. The van der Waals surface area contributed by atoms with Crippen LogP contribution >= 0.6 is 11.3 Å². The zero-order valence-electron chi connectivity index (χ0n) is 13.8. The molecular weight excluding hydrogens is 308 g/mol. The number of anilines is 1. The van der Waals surface area contributed by atoms with E-state index in [2.05, 4.69) is 28.7 Å². The van der Waals surface area contributed by atoms with Crippen molar-refractivity contribution >= 4 is 23.1 Å². The summed E-state index contributed by atoms with van der Waals surface area (Å²) in [7, 11) is 0. The van der Waals surface area contributed by atoms with E-state index in [1.807, 2.05) is 34.7 Å². The van der Waals surface area contributed by atoms with E-state index in [1.54, 1.807) is 11.3 Å². The van der Waals surface area contributed by atoms with Crippen LogP contribution in [0.4, 0.5) is 5.82 Å². The maximum Gasteiger partial charge on any atom is 0.254 e. The Labute approximate surface area is 141 Å². The molecule has 0 radical (unpaired) electrons. The maximum atomic E-state index is 12.4. The maximum absolute atomic E-state index is 12.4. The van der Waals surface area contributed by atoms with Crippen LogP contribution in [0, 0.1) is 6.92 Å². The Morgan fingerprint density at radius 1 is 1.22 bits per heavy atom. The van der Waals surface area contributed by atoms with E-state index >= 15 is 0 Å². The minimum Gasteiger partial charge on any atom is -0.353 e. The third-order valence-corrected chi connectivity index (χ3v) is 4.72. The number of amides is 1. The summed E-state index contributed by atoms with van der Waals surface area (Å²) in [5.41, 5.74) is 1.79. The molecule has 0 saturated carbocycles. The van der Waals surface area contributed by atoms with Crippen LogP contribution in [0.2, 0.25) is 0 Å². The molecule has 3 rings (SSSR count). The zero-order chi connectivity index (χ0) is 16.4. The average Bonchev–Trinajstić information content (AvgIpc) is 3.08. The number of nitrogens with zero attached hydrogens (tertiary/aromatic N) is 4. The van der Waals surface area contributed by atoms with E-state index in [0.717, 1.165) is 49.1 Å². The first-order valence-corrected chi connectivity index (χ1v) is 8.91. The van der Waals surface area contributed by atoms with Crippen LogP contribution in [0.5, 0.6) is 0 Å². The Bertz CT molecular complexity index is 676. The summed E-state index contributed by atoms with van der Waals surface area (Å²) in [5.74, 6) is 2.31. The van der Waals surface area contributed by atoms with Gasteiger partial charge in [-0.25, -0.2) is 9.97 Å². The highest BCUT2D eigenvalue weighted by Crippen LogP contribution is 2.19. The second-order valence-electron chi connectivity index (χ2n) is 6.17. The van der Waals surface area contributed by atoms with Gasteiger partial charge < -0.3 is 9.80 Å². The molecule has 0 aliphatic carbocycles. The Morgan fingerprint density at radius 3 is 2.57 bits per heavy atom. The zero-order valence-corrected chi connectivity index (χ0v) is 14.6. The quantitative estimate of drug-likeness (QED) is 0.868. The van der Waals surface area contributed by atoms with E-state index < -0.39 is 0 Å². The number of aromatic nitrogens is 2. The fourth-order valence-corrected chi connectivity index (χ4v) is 3.33. The molecule has 1 amide bonds.